The Morgan fingerprint density at radius 1 is 1.18 bits per heavy atom. The van der Waals surface area contributed by atoms with Crippen molar-refractivity contribution in [2.24, 2.45) is 0 Å². The quantitative estimate of drug-likeness (QED) is 0.268. The summed E-state index contributed by atoms with van der Waals surface area (Å²) in [7, 11) is 0. The molecule has 2 aromatic carbocycles. The van der Waals surface area contributed by atoms with Gasteiger partial charge in [-0.3, -0.25) is 24.6 Å². The summed E-state index contributed by atoms with van der Waals surface area (Å²) < 4.78 is 5.39. The topological polar surface area (TPSA) is 119 Å². The van der Waals surface area contributed by atoms with Crippen LogP contribution in [0.2, 0.25) is 0 Å². The lowest BCUT2D eigenvalue weighted by Crippen LogP contribution is -2.70. The fraction of sp³-hybridized carbons (Fsp3) is 0.208. The molecule has 10 heteroatoms. The van der Waals surface area contributed by atoms with Gasteiger partial charge in [0.05, 0.1) is 11.3 Å². The number of hydrogen-bond donors (Lipinski definition) is 1. The van der Waals surface area contributed by atoms with Crippen LogP contribution in [0.15, 0.2) is 78.5 Å². The molecule has 0 aromatic heterocycles. The third-order valence-electron chi connectivity index (χ3n) is 5.48. The minimum absolute atomic E-state index is 0.0644. The number of benzene rings is 2. The van der Waals surface area contributed by atoms with E-state index in [0.29, 0.717) is 16.9 Å². The summed E-state index contributed by atoms with van der Waals surface area (Å²) in [5, 5.41) is 13.1. The highest BCUT2D eigenvalue weighted by Crippen LogP contribution is 2.41. The first-order chi connectivity index (χ1) is 16.4. The Morgan fingerprint density at radius 3 is 2.53 bits per heavy atom. The molecule has 0 saturated carbocycles. The van der Waals surface area contributed by atoms with Crippen molar-refractivity contribution in [2.75, 3.05) is 5.75 Å². The number of nitrogens with one attached hydrogen (secondary N) is 1. The van der Waals surface area contributed by atoms with E-state index in [9.17, 15) is 24.5 Å². The number of non-ortho nitro benzene ring substituents is 1. The van der Waals surface area contributed by atoms with Crippen LogP contribution in [-0.4, -0.2) is 44.8 Å². The molecule has 0 unspecified atom stereocenters. The number of esters is 1. The fourth-order valence-corrected chi connectivity index (χ4v) is 5.07. The van der Waals surface area contributed by atoms with Crippen LogP contribution in [-0.2, 0) is 32.1 Å². The Labute approximate surface area is 199 Å². The number of fused-ring (bicyclic) bond motifs is 1. The van der Waals surface area contributed by atoms with Crippen LogP contribution in [0.4, 0.5) is 5.69 Å². The Balaban J connectivity index is 1.41. The number of ether oxygens (including phenoxy) is 1. The molecule has 2 heterocycles. The van der Waals surface area contributed by atoms with E-state index >= 15 is 0 Å². The molecule has 2 aliphatic rings. The summed E-state index contributed by atoms with van der Waals surface area (Å²) in [5.41, 5.74) is 2.02. The van der Waals surface area contributed by atoms with Crippen LogP contribution < -0.4 is 5.32 Å². The fourth-order valence-electron chi connectivity index (χ4n) is 3.73. The van der Waals surface area contributed by atoms with Gasteiger partial charge >= 0.3 is 5.97 Å². The van der Waals surface area contributed by atoms with Crippen molar-refractivity contribution in [1.29, 1.82) is 0 Å². The van der Waals surface area contributed by atoms with Crippen LogP contribution in [0.1, 0.15) is 11.1 Å². The van der Waals surface area contributed by atoms with Gasteiger partial charge in [-0.1, -0.05) is 43.0 Å². The molecule has 2 atom stereocenters. The minimum Gasteiger partial charge on any atom is -0.456 e. The molecule has 2 aliphatic heterocycles. The Hall–Kier alpha value is -3.92. The number of nitro benzene ring substituents is 1. The van der Waals surface area contributed by atoms with Crippen LogP contribution in [0.5, 0.6) is 0 Å². The average Bonchev–Trinajstić information content (AvgIpc) is 2.85. The maximum Gasteiger partial charge on any atom is 0.355 e. The molecule has 0 bridgehead atoms. The highest BCUT2D eigenvalue weighted by molar-refractivity contribution is 8.00. The molecule has 2 amide bonds. The molecule has 0 aliphatic carbocycles. The smallest absolute Gasteiger partial charge is 0.355 e. The molecule has 0 radical (unpaired) electrons. The summed E-state index contributed by atoms with van der Waals surface area (Å²) in [5.74, 6) is -0.919. The Morgan fingerprint density at radius 2 is 1.88 bits per heavy atom. The zero-order chi connectivity index (χ0) is 24.2. The SMILES string of the molecule is C=CC1=C(C(=O)OCc2ccc([N+](=O)[O-])cc2)N2C(=O)[C@@H](NC(=O)Cc3ccccc3)[C@H]2SC1. The van der Waals surface area contributed by atoms with Gasteiger partial charge in [0.25, 0.3) is 11.6 Å². The number of carbonyl (C=O) groups excluding carboxylic acids is 3. The summed E-state index contributed by atoms with van der Waals surface area (Å²) in [6.45, 7) is 3.62. The van der Waals surface area contributed by atoms with Crippen LogP contribution in [0.3, 0.4) is 0 Å². The molecular weight excluding hydrogens is 458 g/mol. The second kappa shape index (κ2) is 9.92. The molecule has 1 N–H and O–H groups in total. The number of amides is 2. The number of carbonyl (C=O) groups is 3. The number of thioether (sulfide) groups is 1. The van der Waals surface area contributed by atoms with Gasteiger partial charge in [-0.05, 0) is 28.8 Å². The number of nitro groups is 1. The van der Waals surface area contributed by atoms with E-state index in [2.05, 4.69) is 11.9 Å². The Kier molecular flexibility index (Phi) is 6.78. The number of hydrogen-bond acceptors (Lipinski definition) is 7. The zero-order valence-corrected chi connectivity index (χ0v) is 18.8. The number of rotatable bonds is 8. The molecule has 1 fully saturated rings. The number of β-lactam (4-membered cyclic amide) rings is 1. The third-order valence-corrected chi connectivity index (χ3v) is 6.78. The first kappa shape index (κ1) is 23.2. The van der Waals surface area contributed by atoms with Crippen molar-refractivity contribution >= 4 is 35.2 Å². The minimum atomic E-state index is -0.731. The maximum absolute atomic E-state index is 12.9. The number of nitrogens with zero attached hydrogens (tertiary/aromatic N) is 2. The van der Waals surface area contributed by atoms with Crippen LogP contribution in [0.25, 0.3) is 0 Å². The van der Waals surface area contributed by atoms with Crippen molar-refractivity contribution in [3.05, 3.63) is 99.8 Å². The molecule has 174 valence electrons. The monoisotopic (exact) mass is 479 g/mol. The summed E-state index contributed by atoms with van der Waals surface area (Å²) >= 11 is 1.44. The van der Waals surface area contributed by atoms with Crippen LogP contribution in [0, 0.1) is 10.1 Å². The predicted octanol–water partition coefficient (Wildman–Crippen LogP) is 2.72. The van der Waals surface area contributed by atoms with Gasteiger partial charge in [-0.2, -0.15) is 0 Å². The van der Waals surface area contributed by atoms with Gasteiger partial charge in [0.2, 0.25) is 5.91 Å². The van der Waals surface area contributed by atoms with Crippen LogP contribution >= 0.6 is 11.8 Å². The largest absolute Gasteiger partial charge is 0.456 e. The van der Waals surface area contributed by atoms with Gasteiger partial charge in [0.15, 0.2) is 0 Å². The molecule has 0 spiro atoms. The first-order valence-electron chi connectivity index (χ1n) is 10.4. The number of allylic oxidation sites excluding steroid dienone is 1. The van der Waals surface area contributed by atoms with E-state index in [0.717, 1.165) is 5.56 Å². The summed E-state index contributed by atoms with van der Waals surface area (Å²) in [4.78, 5) is 49.8. The van der Waals surface area contributed by atoms with Crippen molar-refractivity contribution in [3.63, 3.8) is 0 Å². The van der Waals surface area contributed by atoms with E-state index in [1.807, 2.05) is 30.3 Å². The standard InChI is InChI=1S/C24H21N3O6S/c1-2-17-14-34-23-20(25-19(28)12-15-6-4-3-5-7-15)22(29)26(23)21(17)24(30)33-13-16-8-10-18(11-9-16)27(31)32/h2-11,20,23H,1,12-14H2,(H,25,28)/t20-,23-/m1/s1. The maximum atomic E-state index is 12.9. The van der Waals surface area contributed by atoms with E-state index < -0.39 is 22.3 Å². The van der Waals surface area contributed by atoms with Crippen molar-refractivity contribution < 1.29 is 24.0 Å². The lowest BCUT2D eigenvalue weighted by molar-refractivity contribution is -0.384. The lowest BCUT2D eigenvalue weighted by Gasteiger charge is -2.49. The molecule has 1 saturated heterocycles. The van der Waals surface area contributed by atoms with Gasteiger partial charge < -0.3 is 10.1 Å². The predicted molar refractivity (Wildman–Crippen MR) is 125 cm³/mol. The third kappa shape index (κ3) is 4.72. The molecule has 34 heavy (non-hydrogen) atoms. The van der Waals surface area contributed by atoms with Gasteiger partial charge in [-0.15, -0.1) is 11.8 Å². The molecule has 2 aromatic rings. The summed E-state index contributed by atoms with van der Waals surface area (Å²) in [6, 6.07) is 14.1. The molecular formula is C24H21N3O6S. The molecule has 4 rings (SSSR count). The molecule has 9 nitrogen and oxygen atoms in total. The first-order valence-corrected chi connectivity index (χ1v) is 11.5. The van der Waals surface area contributed by atoms with Gasteiger partial charge in [0.1, 0.15) is 23.7 Å². The van der Waals surface area contributed by atoms with E-state index in [1.165, 1.54) is 47.0 Å². The van der Waals surface area contributed by atoms with Gasteiger partial charge in [0, 0.05) is 17.9 Å². The van der Waals surface area contributed by atoms with E-state index in [1.54, 1.807) is 0 Å². The van der Waals surface area contributed by atoms with Crippen molar-refractivity contribution in [3.8, 4) is 0 Å². The van der Waals surface area contributed by atoms with Gasteiger partial charge in [-0.25, -0.2) is 4.79 Å². The van der Waals surface area contributed by atoms with Crippen molar-refractivity contribution in [2.45, 2.75) is 24.4 Å². The Bertz CT molecular complexity index is 1180. The second-order valence-electron chi connectivity index (χ2n) is 7.70. The van der Waals surface area contributed by atoms with E-state index in [-0.39, 0.29) is 36.2 Å². The average molecular weight is 480 g/mol. The highest BCUT2D eigenvalue weighted by Gasteiger charge is 2.54. The zero-order valence-electron chi connectivity index (χ0n) is 18.0. The highest BCUT2D eigenvalue weighted by atomic mass is 32.2. The van der Waals surface area contributed by atoms with E-state index in [4.69, 9.17) is 4.74 Å². The lowest BCUT2D eigenvalue weighted by atomic mass is 10.0. The second-order valence-corrected chi connectivity index (χ2v) is 8.80. The summed E-state index contributed by atoms with van der Waals surface area (Å²) in [6.07, 6.45) is 1.67. The normalized spacial score (nSPS) is 19.1. The van der Waals surface area contributed by atoms with Crippen molar-refractivity contribution in [1.82, 2.24) is 10.2 Å².